The van der Waals surface area contributed by atoms with E-state index >= 15 is 0 Å². The topological polar surface area (TPSA) is 58.9 Å². The Morgan fingerprint density at radius 3 is 2.65 bits per heavy atom. The molecule has 0 heterocycles. The summed E-state index contributed by atoms with van der Waals surface area (Å²) in [6.45, 7) is 2.11. The number of nitrogens with zero attached hydrogens (tertiary/aromatic N) is 2. The molecule has 88 valence electrons. The fourth-order valence-corrected chi connectivity index (χ4v) is 2.33. The minimum absolute atomic E-state index is 0.517. The van der Waals surface area contributed by atoms with Gasteiger partial charge in [-0.15, -0.1) is 11.8 Å². The third-order valence-electron chi connectivity index (χ3n) is 2.04. The molecule has 0 saturated heterocycles. The number of unbranched alkanes of at least 4 members (excludes halogenated alkanes) is 1. The molecule has 0 saturated carbocycles. The highest BCUT2D eigenvalue weighted by atomic mass is 32.2. The molecule has 0 aromatic heterocycles. The monoisotopic (exact) mass is 248 g/mol. The first-order valence-corrected chi connectivity index (χ1v) is 6.23. The van der Waals surface area contributed by atoms with E-state index in [2.05, 4.69) is 16.9 Å². The van der Waals surface area contributed by atoms with Gasteiger partial charge in [0.05, 0.1) is 11.4 Å². The van der Waals surface area contributed by atoms with Crippen LogP contribution in [0, 0.1) is 0 Å². The fraction of sp³-hybridized carbons (Fsp3) is 0.333. The number of benzene rings is 1. The van der Waals surface area contributed by atoms with Crippen molar-refractivity contribution in [2.75, 3.05) is 5.75 Å². The Morgan fingerprint density at radius 1 is 1.24 bits per heavy atom. The molecule has 17 heavy (non-hydrogen) atoms. The van der Waals surface area contributed by atoms with E-state index in [1.807, 2.05) is 0 Å². The van der Waals surface area contributed by atoms with Crippen LogP contribution >= 0.6 is 11.8 Å². The Hall–Kier alpha value is -1.67. The summed E-state index contributed by atoms with van der Waals surface area (Å²) in [7, 11) is 0. The molecule has 0 N–H and O–H groups in total. The summed E-state index contributed by atoms with van der Waals surface area (Å²) < 4.78 is 0. The van der Waals surface area contributed by atoms with Gasteiger partial charge in [-0.25, -0.2) is 9.59 Å². The predicted molar refractivity (Wildman–Crippen MR) is 67.6 cm³/mol. The lowest BCUT2D eigenvalue weighted by Gasteiger charge is -2.04. The number of hydrogen-bond donors (Lipinski definition) is 0. The maximum atomic E-state index is 10.3. The zero-order valence-electron chi connectivity index (χ0n) is 9.47. The van der Waals surface area contributed by atoms with Crippen LogP contribution in [0.1, 0.15) is 19.8 Å². The van der Waals surface area contributed by atoms with E-state index in [0.29, 0.717) is 11.4 Å². The molecule has 0 aliphatic carbocycles. The van der Waals surface area contributed by atoms with Gasteiger partial charge in [0, 0.05) is 4.90 Å². The van der Waals surface area contributed by atoms with Crippen LogP contribution in [0.25, 0.3) is 0 Å². The maximum absolute atomic E-state index is 10.3. The Kier molecular flexibility index (Phi) is 5.97. The second-order valence-electron chi connectivity index (χ2n) is 3.26. The first kappa shape index (κ1) is 13.4. The van der Waals surface area contributed by atoms with E-state index in [1.165, 1.54) is 12.2 Å². The molecule has 0 spiro atoms. The van der Waals surface area contributed by atoms with Crippen LogP contribution in [0.4, 0.5) is 11.4 Å². The van der Waals surface area contributed by atoms with Crippen LogP contribution in [-0.4, -0.2) is 17.9 Å². The van der Waals surface area contributed by atoms with Gasteiger partial charge in [0.25, 0.3) is 0 Å². The molecule has 0 amide bonds. The van der Waals surface area contributed by atoms with Crippen LogP contribution in [0.5, 0.6) is 0 Å². The standard InChI is InChI=1S/C12H12N2O2S/c1-2-3-6-17-12-7-10(13-8-15)4-5-11(12)14-9-16/h4-5,7H,2-3,6H2,1H3. The Morgan fingerprint density at radius 2 is 2.00 bits per heavy atom. The van der Waals surface area contributed by atoms with Crippen molar-refractivity contribution in [1.82, 2.24) is 0 Å². The minimum Gasteiger partial charge on any atom is -0.211 e. The highest BCUT2D eigenvalue weighted by Crippen LogP contribution is 2.33. The van der Waals surface area contributed by atoms with E-state index in [4.69, 9.17) is 0 Å². The number of thioether (sulfide) groups is 1. The first-order chi connectivity index (χ1) is 8.31. The maximum Gasteiger partial charge on any atom is 0.240 e. The zero-order chi connectivity index (χ0) is 12.5. The SMILES string of the molecule is CCCCSc1cc(N=C=O)ccc1N=C=O. The van der Waals surface area contributed by atoms with Gasteiger partial charge in [0.1, 0.15) is 0 Å². The second kappa shape index (κ2) is 7.58. The normalized spacial score (nSPS) is 9.24. The summed E-state index contributed by atoms with van der Waals surface area (Å²) in [5.41, 5.74) is 1.08. The summed E-state index contributed by atoms with van der Waals surface area (Å²) in [4.78, 5) is 28.4. The molecule has 0 radical (unpaired) electrons. The minimum atomic E-state index is 0.517. The lowest BCUT2D eigenvalue weighted by atomic mass is 10.3. The van der Waals surface area contributed by atoms with Gasteiger partial charge in [0.15, 0.2) is 0 Å². The van der Waals surface area contributed by atoms with Crippen molar-refractivity contribution in [3.05, 3.63) is 18.2 Å². The zero-order valence-corrected chi connectivity index (χ0v) is 10.3. The van der Waals surface area contributed by atoms with Crippen molar-refractivity contribution in [2.45, 2.75) is 24.7 Å². The number of aliphatic imine (C=N–C) groups is 2. The van der Waals surface area contributed by atoms with E-state index in [9.17, 15) is 9.59 Å². The number of carbonyl (C=O) groups excluding carboxylic acids is 2. The molecular weight excluding hydrogens is 236 g/mol. The number of isocyanates is 2. The van der Waals surface area contributed by atoms with E-state index in [-0.39, 0.29) is 0 Å². The van der Waals surface area contributed by atoms with Crippen molar-refractivity contribution in [3.8, 4) is 0 Å². The molecular formula is C12H12N2O2S. The Labute approximate surface area is 104 Å². The van der Waals surface area contributed by atoms with Gasteiger partial charge in [-0.2, -0.15) is 9.98 Å². The molecule has 1 aromatic rings. The van der Waals surface area contributed by atoms with Crippen molar-refractivity contribution in [3.63, 3.8) is 0 Å². The third kappa shape index (κ3) is 4.37. The number of rotatable bonds is 6. The van der Waals surface area contributed by atoms with Crippen molar-refractivity contribution in [2.24, 2.45) is 9.98 Å². The van der Waals surface area contributed by atoms with Crippen LogP contribution in [0.15, 0.2) is 33.1 Å². The van der Waals surface area contributed by atoms with Crippen LogP contribution in [0.2, 0.25) is 0 Å². The van der Waals surface area contributed by atoms with Crippen LogP contribution < -0.4 is 0 Å². The highest BCUT2D eigenvalue weighted by Gasteiger charge is 2.03. The Bertz CT molecular complexity index is 475. The van der Waals surface area contributed by atoms with E-state index in [0.717, 1.165) is 23.5 Å². The average molecular weight is 248 g/mol. The molecule has 0 bridgehead atoms. The van der Waals surface area contributed by atoms with Gasteiger partial charge in [0.2, 0.25) is 12.2 Å². The van der Waals surface area contributed by atoms with Gasteiger partial charge in [-0.05, 0) is 30.4 Å². The number of hydrogen-bond acceptors (Lipinski definition) is 5. The van der Waals surface area contributed by atoms with E-state index in [1.54, 1.807) is 30.0 Å². The van der Waals surface area contributed by atoms with Gasteiger partial charge < -0.3 is 0 Å². The molecule has 1 rings (SSSR count). The molecule has 5 heteroatoms. The average Bonchev–Trinajstić information content (AvgIpc) is 2.33. The van der Waals surface area contributed by atoms with Crippen LogP contribution in [0.3, 0.4) is 0 Å². The van der Waals surface area contributed by atoms with Gasteiger partial charge >= 0.3 is 0 Å². The second-order valence-corrected chi connectivity index (χ2v) is 4.40. The molecule has 0 aliphatic rings. The predicted octanol–water partition coefficient (Wildman–Crippen LogP) is 3.51. The summed E-state index contributed by atoms with van der Waals surface area (Å²) in [5, 5.41) is 0. The lowest BCUT2D eigenvalue weighted by Crippen LogP contribution is -1.80. The smallest absolute Gasteiger partial charge is 0.211 e. The van der Waals surface area contributed by atoms with Crippen molar-refractivity contribution >= 4 is 35.3 Å². The quantitative estimate of drug-likeness (QED) is 0.335. The van der Waals surface area contributed by atoms with E-state index < -0.39 is 0 Å². The molecule has 0 fully saturated rings. The molecule has 0 atom stereocenters. The van der Waals surface area contributed by atoms with Crippen molar-refractivity contribution < 1.29 is 9.59 Å². The lowest BCUT2D eigenvalue weighted by molar-refractivity contribution is 0.564. The summed E-state index contributed by atoms with van der Waals surface area (Å²) in [6, 6.07) is 4.99. The fourth-order valence-electron chi connectivity index (χ4n) is 1.21. The Balaban J connectivity index is 2.97. The molecule has 0 unspecified atom stereocenters. The molecule has 4 nitrogen and oxygen atoms in total. The summed E-state index contributed by atoms with van der Waals surface area (Å²) >= 11 is 1.59. The van der Waals surface area contributed by atoms with Crippen molar-refractivity contribution in [1.29, 1.82) is 0 Å². The molecule has 1 aromatic carbocycles. The summed E-state index contributed by atoms with van der Waals surface area (Å²) in [5.74, 6) is 0.937. The third-order valence-corrected chi connectivity index (χ3v) is 3.17. The first-order valence-electron chi connectivity index (χ1n) is 5.24. The van der Waals surface area contributed by atoms with Gasteiger partial charge in [-0.1, -0.05) is 13.3 Å². The largest absolute Gasteiger partial charge is 0.240 e. The molecule has 0 aliphatic heterocycles. The van der Waals surface area contributed by atoms with Gasteiger partial charge in [-0.3, -0.25) is 0 Å². The highest BCUT2D eigenvalue weighted by molar-refractivity contribution is 7.99. The summed E-state index contributed by atoms with van der Waals surface area (Å²) in [6.07, 6.45) is 5.19. The van der Waals surface area contributed by atoms with Crippen LogP contribution in [-0.2, 0) is 9.59 Å².